The molecule has 0 bridgehead atoms. The summed E-state index contributed by atoms with van der Waals surface area (Å²) in [5.41, 5.74) is 3.05. The number of rotatable bonds is 3. The largest absolute Gasteiger partial charge is 0.410 e. The highest BCUT2D eigenvalue weighted by molar-refractivity contribution is 5.99. The highest BCUT2D eigenvalue weighted by Gasteiger charge is 2.47. The van der Waals surface area contributed by atoms with Gasteiger partial charge in [-0.15, -0.1) is 0 Å². The van der Waals surface area contributed by atoms with Gasteiger partial charge in [-0.25, -0.2) is 4.68 Å². The molecule has 0 saturated carbocycles. The summed E-state index contributed by atoms with van der Waals surface area (Å²) in [5.74, 6) is -0.165. The van der Waals surface area contributed by atoms with Gasteiger partial charge in [-0.05, 0) is 24.6 Å². The number of anilines is 2. The lowest BCUT2D eigenvalue weighted by Gasteiger charge is -2.37. The number of aryl methyl sites for hydroxylation is 1. The molecule has 5 rings (SSSR count). The van der Waals surface area contributed by atoms with Gasteiger partial charge in [0.05, 0.1) is 12.2 Å². The van der Waals surface area contributed by atoms with E-state index in [0.29, 0.717) is 26.2 Å². The second-order valence-corrected chi connectivity index (χ2v) is 8.87. The third-order valence-corrected chi connectivity index (χ3v) is 6.64. The van der Waals surface area contributed by atoms with Crippen LogP contribution in [0.25, 0.3) is 0 Å². The molecule has 0 unspecified atom stereocenters. The molecule has 1 fully saturated rings. The van der Waals surface area contributed by atoms with E-state index in [0.717, 1.165) is 21.5 Å². The highest BCUT2D eigenvalue weighted by Crippen LogP contribution is 2.44. The number of nitrogens with one attached hydrogen (secondary N) is 1. The number of fused-ring (bicyclic) bond motifs is 1. The molecule has 2 atom stereocenters. The third kappa shape index (κ3) is 4.22. The summed E-state index contributed by atoms with van der Waals surface area (Å²) < 4.78 is 42.8. The van der Waals surface area contributed by atoms with Gasteiger partial charge in [-0.1, -0.05) is 48.0 Å². The zero-order valence-electron chi connectivity index (χ0n) is 18.8. The molecule has 1 amide bonds. The SMILES string of the molecule is Cc1ccc([C@H]2C[C@@H](C(F)(F)F)n3ncc(C(=O)N4CCN(c5ccccc5)CC4)c3N2)cc1. The lowest BCUT2D eigenvalue weighted by Crippen LogP contribution is -2.49. The second-order valence-electron chi connectivity index (χ2n) is 8.87. The first-order valence-electron chi connectivity index (χ1n) is 11.4. The van der Waals surface area contributed by atoms with Crippen LogP contribution in [0.5, 0.6) is 0 Å². The fourth-order valence-electron chi connectivity index (χ4n) is 4.71. The van der Waals surface area contributed by atoms with Gasteiger partial charge in [0.2, 0.25) is 0 Å². The molecular weight excluding hydrogens is 443 g/mol. The summed E-state index contributed by atoms with van der Waals surface area (Å²) in [6, 6.07) is 15.0. The normalized spacial score (nSPS) is 20.6. The van der Waals surface area contributed by atoms with Gasteiger partial charge < -0.3 is 15.1 Å². The van der Waals surface area contributed by atoms with E-state index in [2.05, 4.69) is 15.3 Å². The molecule has 2 aliphatic rings. The van der Waals surface area contributed by atoms with Crippen LogP contribution in [0.15, 0.2) is 60.8 Å². The minimum absolute atomic E-state index is 0.134. The zero-order valence-corrected chi connectivity index (χ0v) is 18.8. The van der Waals surface area contributed by atoms with Crippen molar-refractivity contribution >= 4 is 17.4 Å². The molecule has 34 heavy (non-hydrogen) atoms. The van der Waals surface area contributed by atoms with E-state index in [1.165, 1.54) is 6.20 Å². The minimum Gasteiger partial charge on any atom is -0.368 e. The molecule has 3 heterocycles. The molecule has 0 spiro atoms. The van der Waals surface area contributed by atoms with E-state index in [1.807, 2.05) is 61.5 Å². The molecule has 1 aromatic heterocycles. The predicted octanol–water partition coefficient (Wildman–Crippen LogP) is 4.81. The summed E-state index contributed by atoms with van der Waals surface area (Å²) in [4.78, 5) is 17.2. The molecule has 1 N–H and O–H groups in total. The van der Waals surface area contributed by atoms with Gasteiger partial charge in [0.25, 0.3) is 5.91 Å². The Bertz CT molecular complexity index is 1150. The summed E-state index contributed by atoms with van der Waals surface area (Å²) in [6.45, 7) is 4.22. The maximum Gasteiger partial charge on any atom is 0.410 e. The Hall–Kier alpha value is -3.49. The standard InChI is InChI=1S/C25H26F3N5O/c1-17-7-9-18(10-8-17)21-15-22(25(26,27)28)33-23(30-21)20(16-29-33)24(34)32-13-11-31(12-14-32)19-5-3-2-4-6-19/h2-10,16,21-22,30H,11-15H2,1H3/t21-,22+/m1/s1. The van der Waals surface area contributed by atoms with Crippen molar-refractivity contribution in [1.29, 1.82) is 0 Å². The maximum atomic E-state index is 14.0. The Labute approximate surface area is 196 Å². The van der Waals surface area contributed by atoms with E-state index in [4.69, 9.17) is 0 Å². The fourth-order valence-corrected chi connectivity index (χ4v) is 4.71. The highest BCUT2D eigenvalue weighted by atomic mass is 19.4. The molecule has 2 aromatic carbocycles. The molecular formula is C25H26F3N5O. The number of hydrogen-bond donors (Lipinski definition) is 1. The van der Waals surface area contributed by atoms with Crippen molar-refractivity contribution in [3.8, 4) is 0 Å². The monoisotopic (exact) mass is 469 g/mol. The number of benzene rings is 2. The number of halogens is 3. The van der Waals surface area contributed by atoms with Crippen LogP contribution in [0.4, 0.5) is 24.7 Å². The average molecular weight is 470 g/mol. The molecule has 9 heteroatoms. The van der Waals surface area contributed by atoms with Gasteiger partial charge >= 0.3 is 6.18 Å². The van der Waals surface area contributed by atoms with E-state index < -0.39 is 18.3 Å². The topological polar surface area (TPSA) is 53.4 Å². The van der Waals surface area contributed by atoms with Crippen LogP contribution in [0.3, 0.4) is 0 Å². The average Bonchev–Trinajstić information content (AvgIpc) is 3.27. The van der Waals surface area contributed by atoms with E-state index in [-0.39, 0.29) is 23.7 Å². The number of para-hydroxylation sites is 1. The molecule has 2 aliphatic heterocycles. The van der Waals surface area contributed by atoms with E-state index in [1.54, 1.807) is 4.90 Å². The Morgan fingerprint density at radius 2 is 1.68 bits per heavy atom. The molecule has 178 valence electrons. The first kappa shape index (κ1) is 22.3. The van der Waals surface area contributed by atoms with Gasteiger partial charge in [-0.2, -0.15) is 18.3 Å². The smallest absolute Gasteiger partial charge is 0.368 e. The van der Waals surface area contributed by atoms with Crippen molar-refractivity contribution in [3.05, 3.63) is 77.5 Å². The number of amides is 1. The number of carbonyl (C=O) groups is 1. The van der Waals surface area contributed by atoms with Crippen LogP contribution in [0.1, 0.15) is 40.0 Å². The minimum atomic E-state index is -4.48. The zero-order chi connectivity index (χ0) is 23.9. The Morgan fingerprint density at radius 3 is 2.32 bits per heavy atom. The first-order chi connectivity index (χ1) is 16.3. The molecule has 0 aliphatic carbocycles. The number of alkyl halides is 3. The predicted molar refractivity (Wildman–Crippen MR) is 124 cm³/mol. The van der Waals surface area contributed by atoms with E-state index >= 15 is 0 Å². The first-order valence-corrected chi connectivity index (χ1v) is 11.4. The fraction of sp³-hybridized carbons (Fsp3) is 0.360. The van der Waals surface area contributed by atoms with Gasteiger partial charge in [0.1, 0.15) is 11.4 Å². The van der Waals surface area contributed by atoms with Crippen LogP contribution in [-0.2, 0) is 0 Å². The molecule has 1 saturated heterocycles. The van der Waals surface area contributed by atoms with Gasteiger partial charge in [-0.3, -0.25) is 4.79 Å². The summed E-state index contributed by atoms with van der Waals surface area (Å²) in [5, 5.41) is 7.18. The van der Waals surface area contributed by atoms with E-state index in [9.17, 15) is 18.0 Å². The number of nitrogens with zero attached hydrogens (tertiary/aromatic N) is 4. The van der Waals surface area contributed by atoms with Crippen molar-refractivity contribution in [2.75, 3.05) is 36.4 Å². The third-order valence-electron chi connectivity index (χ3n) is 6.64. The number of hydrogen-bond acceptors (Lipinski definition) is 4. The Kier molecular flexibility index (Phi) is 5.71. The van der Waals surface area contributed by atoms with Crippen LogP contribution >= 0.6 is 0 Å². The molecule has 6 nitrogen and oxygen atoms in total. The summed E-state index contributed by atoms with van der Waals surface area (Å²) in [6.07, 6.45) is -3.40. The van der Waals surface area contributed by atoms with Crippen molar-refractivity contribution < 1.29 is 18.0 Å². The van der Waals surface area contributed by atoms with Crippen LogP contribution in [-0.4, -0.2) is 52.9 Å². The number of aromatic nitrogens is 2. The van der Waals surface area contributed by atoms with Crippen molar-refractivity contribution in [2.24, 2.45) is 0 Å². The number of piperazine rings is 1. The van der Waals surface area contributed by atoms with Crippen molar-refractivity contribution in [3.63, 3.8) is 0 Å². The lowest BCUT2D eigenvalue weighted by molar-refractivity contribution is -0.173. The summed E-state index contributed by atoms with van der Waals surface area (Å²) >= 11 is 0. The van der Waals surface area contributed by atoms with Gasteiger partial charge in [0.15, 0.2) is 6.04 Å². The second kappa shape index (κ2) is 8.70. The summed E-state index contributed by atoms with van der Waals surface area (Å²) in [7, 11) is 0. The Balaban J connectivity index is 1.39. The van der Waals surface area contributed by atoms with Crippen molar-refractivity contribution in [2.45, 2.75) is 31.6 Å². The number of carbonyl (C=O) groups excluding carboxylic acids is 1. The quantitative estimate of drug-likeness (QED) is 0.598. The maximum absolute atomic E-state index is 14.0. The van der Waals surface area contributed by atoms with Crippen molar-refractivity contribution in [1.82, 2.24) is 14.7 Å². The molecule has 3 aromatic rings. The lowest BCUT2D eigenvalue weighted by atomic mass is 9.96. The van der Waals surface area contributed by atoms with Crippen LogP contribution in [0.2, 0.25) is 0 Å². The molecule has 0 radical (unpaired) electrons. The van der Waals surface area contributed by atoms with Gasteiger partial charge in [0, 0.05) is 38.3 Å². The Morgan fingerprint density at radius 1 is 1.00 bits per heavy atom. The van der Waals surface area contributed by atoms with Crippen LogP contribution in [0, 0.1) is 6.92 Å². The van der Waals surface area contributed by atoms with Crippen LogP contribution < -0.4 is 10.2 Å².